The predicted molar refractivity (Wildman–Crippen MR) is 137 cm³/mol. The van der Waals surface area contributed by atoms with E-state index in [0.717, 1.165) is 5.69 Å². The van der Waals surface area contributed by atoms with Gasteiger partial charge in [0.1, 0.15) is 0 Å². The van der Waals surface area contributed by atoms with Gasteiger partial charge in [0, 0.05) is 24.0 Å². The van der Waals surface area contributed by atoms with Crippen LogP contribution in [0.1, 0.15) is 0 Å². The Morgan fingerprint density at radius 2 is 0.906 bits per heavy atom. The van der Waals surface area contributed by atoms with Crippen LogP contribution in [0.25, 0.3) is 33.4 Å². The first-order valence-corrected chi connectivity index (χ1v) is 10.9. The first-order valence-electron chi connectivity index (χ1n) is 10.9. The Balaban J connectivity index is 1.49. The number of hydrogen-bond donors (Lipinski definition) is 0. The molecular formula is C31H25N. The highest BCUT2D eigenvalue weighted by molar-refractivity contribution is 5.84. The second kappa shape index (κ2) is 8.95. The van der Waals surface area contributed by atoms with Crippen molar-refractivity contribution in [2.24, 2.45) is 0 Å². The first kappa shape index (κ1) is 19.8. The van der Waals surface area contributed by atoms with E-state index in [-0.39, 0.29) is 0 Å². The molecule has 0 aromatic heterocycles. The van der Waals surface area contributed by atoms with Gasteiger partial charge in [-0.05, 0) is 52.1 Å². The van der Waals surface area contributed by atoms with Gasteiger partial charge in [-0.1, -0.05) is 109 Å². The third kappa shape index (κ3) is 4.06. The monoisotopic (exact) mass is 411 g/mol. The van der Waals surface area contributed by atoms with Crippen LogP contribution >= 0.6 is 0 Å². The summed E-state index contributed by atoms with van der Waals surface area (Å²) in [5.74, 6) is 0. The van der Waals surface area contributed by atoms with Crippen molar-refractivity contribution >= 4 is 11.4 Å². The number of para-hydroxylation sites is 1. The van der Waals surface area contributed by atoms with Gasteiger partial charge in [-0.25, -0.2) is 0 Å². The van der Waals surface area contributed by atoms with Gasteiger partial charge in [0.05, 0.1) is 0 Å². The normalized spacial score (nSPS) is 10.7. The Hall–Kier alpha value is -4.10. The molecule has 5 aromatic carbocycles. The third-order valence-electron chi connectivity index (χ3n) is 5.91. The van der Waals surface area contributed by atoms with E-state index in [4.69, 9.17) is 0 Å². The summed E-state index contributed by atoms with van der Waals surface area (Å²) in [6.07, 6.45) is 0. The van der Waals surface area contributed by atoms with Crippen LogP contribution in [-0.4, -0.2) is 7.05 Å². The molecular weight excluding hydrogens is 386 g/mol. The Morgan fingerprint density at radius 1 is 0.406 bits per heavy atom. The Labute approximate surface area is 190 Å². The average molecular weight is 412 g/mol. The van der Waals surface area contributed by atoms with Crippen molar-refractivity contribution in [3.05, 3.63) is 133 Å². The van der Waals surface area contributed by atoms with Gasteiger partial charge in [0.25, 0.3) is 0 Å². The van der Waals surface area contributed by atoms with Crippen LogP contribution < -0.4 is 4.90 Å². The molecule has 0 radical (unpaired) electrons. The van der Waals surface area contributed by atoms with Crippen molar-refractivity contribution < 1.29 is 0 Å². The van der Waals surface area contributed by atoms with Crippen LogP contribution in [0.3, 0.4) is 0 Å². The van der Waals surface area contributed by atoms with Crippen LogP contribution in [-0.2, 0) is 0 Å². The molecule has 0 spiro atoms. The minimum absolute atomic E-state index is 1.16. The fraction of sp³-hybridized carbons (Fsp3) is 0.0323. The zero-order valence-electron chi connectivity index (χ0n) is 18.1. The molecule has 0 atom stereocenters. The minimum Gasteiger partial charge on any atom is -0.344 e. The van der Waals surface area contributed by atoms with Gasteiger partial charge < -0.3 is 4.90 Å². The molecule has 0 aliphatic rings. The fourth-order valence-electron chi connectivity index (χ4n) is 4.15. The number of anilines is 2. The van der Waals surface area contributed by atoms with Crippen molar-refractivity contribution in [1.82, 2.24) is 0 Å². The largest absolute Gasteiger partial charge is 0.344 e. The molecule has 0 amide bonds. The SMILES string of the molecule is CN(c1ccc(-c2ccccc2)cc1)c1ccccc1-c1cccc(-c2ccccc2)c1. The summed E-state index contributed by atoms with van der Waals surface area (Å²) >= 11 is 0. The molecule has 0 fully saturated rings. The summed E-state index contributed by atoms with van der Waals surface area (Å²) in [7, 11) is 2.14. The van der Waals surface area contributed by atoms with Crippen molar-refractivity contribution in [1.29, 1.82) is 0 Å². The molecule has 1 nitrogen and oxygen atoms in total. The Kier molecular flexibility index (Phi) is 5.55. The lowest BCUT2D eigenvalue weighted by Gasteiger charge is -2.23. The Bertz CT molecular complexity index is 1310. The topological polar surface area (TPSA) is 3.24 Å². The van der Waals surface area contributed by atoms with Crippen LogP contribution in [0.2, 0.25) is 0 Å². The number of benzene rings is 5. The summed E-state index contributed by atoms with van der Waals surface area (Å²) in [4.78, 5) is 2.26. The lowest BCUT2D eigenvalue weighted by atomic mass is 9.97. The molecule has 32 heavy (non-hydrogen) atoms. The van der Waals surface area contributed by atoms with Gasteiger partial charge in [0.2, 0.25) is 0 Å². The molecule has 0 bridgehead atoms. The number of rotatable bonds is 5. The lowest BCUT2D eigenvalue weighted by Crippen LogP contribution is -2.10. The maximum Gasteiger partial charge on any atom is 0.0487 e. The highest BCUT2D eigenvalue weighted by atomic mass is 15.1. The van der Waals surface area contributed by atoms with Crippen LogP contribution in [0, 0.1) is 0 Å². The van der Waals surface area contributed by atoms with E-state index in [1.807, 2.05) is 0 Å². The predicted octanol–water partition coefficient (Wildman–Crippen LogP) is 8.46. The van der Waals surface area contributed by atoms with E-state index in [2.05, 4.69) is 145 Å². The molecule has 0 unspecified atom stereocenters. The molecule has 154 valence electrons. The van der Waals surface area contributed by atoms with Crippen LogP contribution in [0.15, 0.2) is 133 Å². The lowest BCUT2D eigenvalue weighted by molar-refractivity contribution is 1.21. The van der Waals surface area contributed by atoms with Gasteiger partial charge in [-0.2, -0.15) is 0 Å². The van der Waals surface area contributed by atoms with Crippen molar-refractivity contribution in [2.75, 3.05) is 11.9 Å². The molecule has 0 N–H and O–H groups in total. The summed E-state index contributed by atoms with van der Waals surface area (Å²) in [6.45, 7) is 0. The van der Waals surface area contributed by atoms with Crippen LogP contribution in [0.4, 0.5) is 11.4 Å². The zero-order valence-corrected chi connectivity index (χ0v) is 18.1. The molecule has 5 rings (SSSR count). The van der Waals surface area contributed by atoms with E-state index < -0.39 is 0 Å². The summed E-state index contributed by atoms with van der Waals surface area (Å²) in [5.41, 5.74) is 9.71. The van der Waals surface area contributed by atoms with E-state index >= 15 is 0 Å². The molecule has 0 heterocycles. The minimum atomic E-state index is 1.16. The molecule has 0 saturated carbocycles. The van der Waals surface area contributed by atoms with Crippen LogP contribution in [0.5, 0.6) is 0 Å². The molecule has 0 aliphatic heterocycles. The van der Waals surface area contributed by atoms with Gasteiger partial charge in [-0.3, -0.25) is 0 Å². The highest BCUT2D eigenvalue weighted by Crippen LogP contribution is 2.36. The van der Waals surface area contributed by atoms with E-state index in [1.54, 1.807) is 0 Å². The zero-order chi connectivity index (χ0) is 21.8. The first-order chi connectivity index (χ1) is 15.8. The smallest absolute Gasteiger partial charge is 0.0487 e. The van der Waals surface area contributed by atoms with Gasteiger partial charge in [-0.15, -0.1) is 0 Å². The fourth-order valence-corrected chi connectivity index (χ4v) is 4.15. The summed E-state index contributed by atoms with van der Waals surface area (Å²) in [5, 5.41) is 0. The number of hydrogen-bond acceptors (Lipinski definition) is 1. The average Bonchev–Trinajstić information content (AvgIpc) is 2.89. The molecule has 1 heteroatoms. The van der Waals surface area contributed by atoms with Crippen molar-refractivity contribution in [2.45, 2.75) is 0 Å². The second-order valence-corrected chi connectivity index (χ2v) is 7.94. The number of nitrogens with zero attached hydrogens (tertiary/aromatic N) is 1. The maximum absolute atomic E-state index is 2.28. The molecule has 5 aromatic rings. The van der Waals surface area contributed by atoms with Gasteiger partial charge in [0.15, 0.2) is 0 Å². The molecule has 0 aliphatic carbocycles. The van der Waals surface area contributed by atoms with Crippen molar-refractivity contribution in [3.8, 4) is 33.4 Å². The highest BCUT2D eigenvalue weighted by Gasteiger charge is 2.12. The van der Waals surface area contributed by atoms with Gasteiger partial charge >= 0.3 is 0 Å². The standard InChI is InChI=1S/C31H25N/c1-32(29-21-19-26(20-22-29)24-11-4-2-5-12-24)31-18-9-8-17-30(31)28-16-10-15-27(23-28)25-13-6-3-7-14-25/h2-23H,1H3. The summed E-state index contributed by atoms with van der Waals surface area (Å²) in [6, 6.07) is 47.2. The quantitative estimate of drug-likeness (QED) is 0.280. The third-order valence-corrected chi connectivity index (χ3v) is 5.91. The Morgan fingerprint density at radius 3 is 1.59 bits per heavy atom. The second-order valence-electron chi connectivity index (χ2n) is 7.94. The van der Waals surface area contributed by atoms with E-state index in [9.17, 15) is 0 Å². The molecule has 0 saturated heterocycles. The van der Waals surface area contributed by atoms with E-state index in [1.165, 1.54) is 39.1 Å². The maximum atomic E-state index is 2.28. The van der Waals surface area contributed by atoms with E-state index in [0.29, 0.717) is 0 Å². The summed E-state index contributed by atoms with van der Waals surface area (Å²) < 4.78 is 0. The van der Waals surface area contributed by atoms with Crippen molar-refractivity contribution in [3.63, 3.8) is 0 Å².